The van der Waals surface area contributed by atoms with Crippen LogP contribution in [0.3, 0.4) is 0 Å². The predicted molar refractivity (Wildman–Crippen MR) is 130 cm³/mol. The second-order valence-electron chi connectivity index (χ2n) is 7.99. The minimum absolute atomic E-state index is 0.0483. The van der Waals surface area contributed by atoms with Crippen molar-refractivity contribution in [3.8, 4) is 0 Å². The number of hydrogen-bond donors (Lipinski definition) is 1. The fraction of sp³-hybridized carbons (Fsp3) is 0.304. The lowest BCUT2D eigenvalue weighted by molar-refractivity contribution is 0.326. The molecule has 0 bridgehead atoms. The van der Waals surface area contributed by atoms with Crippen molar-refractivity contribution in [2.24, 2.45) is 0 Å². The molecule has 5 rings (SSSR count). The van der Waals surface area contributed by atoms with E-state index in [1.54, 1.807) is 36.4 Å². The van der Waals surface area contributed by atoms with Crippen molar-refractivity contribution in [3.05, 3.63) is 73.0 Å². The molecule has 0 amide bonds. The number of hydrogen-bond acceptors (Lipinski definition) is 5. The van der Waals surface area contributed by atoms with E-state index in [2.05, 4.69) is 9.97 Å². The maximum absolute atomic E-state index is 13.4. The van der Waals surface area contributed by atoms with E-state index >= 15 is 0 Å². The lowest BCUT2D eigenvalue weighted by atomic mass is 9.95. The molecule has 1 fully saturated rings. The smallest absolute Gasteiger partial charge is 0.262 e. The van der Waals surface area contributed by atoms with E-state index in [-0.39, 0.29) is 17.2 Å². The lowest BCUT2D eigenvalue weighted by Gasteiger charge is -2.26. The molecule has 2 aromatic heterocycles. The maximum Gasteiger partial charge on any atom is 0.262 e. The van der Waals surface area contributed by atoms with Gasteiger partial charge in [-0.2, -0.15) is 0 Å². The number of nitrogens with one attached hydrogen (secondary N) is 1. The van der Waals surface area contributed by atoms with E-state index in [9.17, 15) is 9.59 Å². The van der Waals surface area contributed by atoms with Crippen LogP contribution >= 0.6 is 35.0 Å². The molecule has 0 radical (unpaired) electrons. The molecule has 0 unspecified atom stereocenters. The van der Waals surface area contributed by atoms with E-state index in [1.807, 2.05) is 4.57 Å². The average molecular weight is 487 g/mol. The monoisotopic (exact) mass is 486 g/mol. The molecule has 1 saturated carbocycles. The highest BCUT2D eigenvalue weighted by atomic mass is 35.5. The van der Waals surface area contributed by atoms with Crippen molar-refractivity contribution in [2.75, 3.05) is 0 Å². The molecule has 1 N–H and O–H groups in total. The molecular weight excluding hydrogens is 467 g/mol. The van der Waals surface area contributed by atoms with Gasteiger partial charge in [0.2, 0.25) is 0 Å². The van der Waals surface area contributed by atoms with Crippen LogP contribution in [0, 0.1) is 0 Å². The van der Waals surface area contributed by atoms with Crippen LogP contribution in [0.2, 0.25) is 10.0 Å². The van der Waals surface area contributed by atoms with E-state index in [1.165, 1.54) is 18.2 Å². The molecule has 4 aromatic rings. The third kappa shape index (κ3) is 4.17. The van der Waals surface area contributed by atoms with Gasteiger partial charge in [-0.15, -0.1) is 0 Å². The number of aromatic amines is 1. The summed E-state index contributed by atoms with van der Waals surface area (Å²) < 4.78 is 1.83. The molecule has 2 aromatic carbocycles. The van der Waals surface area contributed by atoms with Gasteiger partial charge in [-0.25, -0.2) is 9.97 Å². The van der Waals surface area contributed by atoms with Crippen molar-refractivity contribution in [1.82, 2.24) is 19.5 Å². The van der Waals surface area contributed by atoms with Crippen LogP contribution in [0.25, 0.3) is 21.8 Å². The van der Waals surface area contributed by atoms with E-state index in [0.29, 0.717) is 48.6 Å². The van der Waals surface area contributed by atoms with Crippen molar-refractivity contribution in [3.63, 3.8) is 0 Å². The molecule has 1 aliphatic rings. The SMILES string of the molecule is O=c1[nH]c(CSc2nc3cc(Cl)ccc3c(=O)n2C2CCCCC2)nc2cc(Cl)ccc12. The molecule has 0 aliphatic heterocycles. The van der Waals surface area contributed by atoms with Crippen LogP contribution in [0.5, 0.6) is 0 Å². The Morgan fingerprint density at radius 2 is 1.59 bits per heavy atom. The Hall–Kier alpha value is -2.35. The number of fused-ring (bicyclic) bond motifs is 2. The first-order chi connectivity index (χ1) is 15.5. The van der Waals surface area contributed by atoms with Gasteiger partial charge >= 0.3 is 0 Å². The second-order valence-corrected chi connectivity index (χ2v) is 9.80. The minimum atomic E-state index is -0.217. The number of benzene rings is 2. The summed E-state index contributed by atoms with van der Waals surface area (Å²) in [4.78, 5) is 38.1. The third-order valence-electron chi connectivity index (χ3n) is 5.83. The van der Waals surface area contributed by atoms with E-state index in [4.69, 9.17) is 28.2 Å². The van der Waals surface area contributed by atoms with Gasteiger partial charge in [-0.05, 0) is 49.2 Å². The van der Waals surface area contributed by atoms with Gasteiger partial charge in [0.15, 0.2) is 5.16 Å². The van der Waals surface area contributed by atoms with Crippen LogP contribution in [-0.2, 0) is 5.75 Å². The molecule has 32 heavy (non-hydrogen) atoms. The topological polar surface area (TPSA) is 80.6 Å². The van der Waals surface area contributed by atoms with Crippen molar-refractivity contribution >= 4 is 56.8 Å². The van der Waals surface area contributed by atoms with Crippen LogP contribution in [-0.4, -0.2) is 19.5 Å². The Morgan fingerprint density at radius 3 is 2.31 bits per heavy atom. The quantitative estimate of drug-likeness (QED) is 0.294. The Morgan fingerprint density at radius 1 is 0.938 bits per heavy atom. The maximum atomic E-state index is 13.4. The van der Waals surface area contributed by atoms with Gasteiger partial charge in [-0.3, -0.25) is 14.2 Å². The zero-order valence-electron chi connectivity index (χ0n) is 17.1. The third-order valence-corrected chi connectivity index (χ3v) is 7.26. The number of rotatable bonds is 4. The Bertz CT molecular complexity index is 1440. The van der Waals surface area contributed by atoms with Crippen LogP contribution in [0.15, 0.2) is 51.1 Å². The number of aromatic nitrogens is 4. The predicted octanol–water partition coefficient (Wildman–Crippen LogP) is 5.74. The minimum Gasteiger partial charge on any atom is -0.309 e. The van der Waals surface area contributed by atoms with Gasteiger partial charge < -0.3 is 4.98 Å². The standard InChI is InChI=1S/C23H20Cl2N4O2S/c24-13-6-8-16-18(10-13)26-20(28-21(16)30)12-32-23-27-19-11-14(25)7-9-17(19)22(31)29(23)15-4-2-1-3-5-15/h6-11,15H,1-5,12H2,(H,26,28,30). The summed E-state index contributed by atoms with van der Waals surface area (Å²) in [5, 5.41) is 2.73. The average Bonchev–Trinajstić information content (AvgIpc) is 2.78. The van der Waals surface area contributed by atoms with Crippen molar-refractivity contribution in [2.45, 2.75) is 49.1 Å². The number of halogens is 2. The fourth-order valence-corrected chi connectivity index (χ4v) is 5.55. The van der Waals surface area contributed by atoms with Crippen molar-refractivity contribution in [1.29, 1.82) is 0 Å². The van der Waals surface area contributed by atoms with Gasteiger partial charge in [0.25, 0.3) is 11.1 Å². The molecule has 164 valence electrons. The highest BCUT2D eigenvalue weighted by Crippen LogP contribution is 2.32. The Balaban J connectivity index is 1.56. The Kier molecular flexibility index (Phi) is 5.97. The first kappa shape index (κ1) is 21.5. The van der Waals surface area contributed by atoms with E-state index < -0.39 is 0 Å². The normalized spacial score (nSPS) is 14.9. The molecule has 9 heteroatoms. The summed E-state index contributed by atoms with van der Waals surface area (Å²) in [7, 11) is 0. The molecule has 0 atom stereocenters. The summed E-state index contributed by atoms with van der Waals surface area (Å²) in [5.74, 6) is 0.869. The molecule has 0 saturated heterocycles. The molecular formula is C23H20Cl2N4O2S. The Labute approximate surface area is 198 Å². The van der Waals surface area contributed by atoms with Crippen molar-refractivity contribution < 1.29 is 0 Å². The lowest BCUT2D eigenvalue weighted by Crippen LogP contribution is -2.29. The van der Waals surface area contributed by atoms with E-state index in [0.717, 1.165) is 25.7 Å². The molecule has 6 nitrogen and oxygen atoms in total. The summed E-state index contributed by atoms with van der Waals surface area (Å²) in [6, 6.07) is 10.3. The summed E-state index contributed by atoms with van der Waals surface area (Å²) in [6.07, 6.45) is 5.30. The molecule has 2 heterocycles. The first-order valence-electron chi connectivity index (χ1n) is 10.5. The van der Waals surface area contributed by atoms with Gasteiger partial charge in [-0.1, -0.05) is 54.2 Å². The zero-order valence-corrected chi connectivity index (χ0v) is 19.4. The highest BCUT2D eigenvalue weighted by molar-refractivity contribution is 7.98. The second kappa shape index (κ2) is 8.89. The number of H-pyrrole nitrogens is 1. The van der Waals surface area contributed by atoms with Gasteiger partial charge in [0, 0.05) is 16.1 Å². The van der Waals surface area contributed by atoms with Gasteiger partial charge in [0.05, 0.1) is 27.6 Å². The molecule has 1 aliphatic carbocycles. The number of nitrogens with zero attached hydrogens (tertiary/aromatic N) is 3. The highest BCUT2D eigenvalue weighted by Gasteiger charge is 2.22. The molecule has 0 spiro atoms. The van der Waals surface area contributed by atoms with Crippen LogP contribution in [0.1, 0.15) is 44.0 Å². The summed E-state index contributed by atoms with van der Waals surface area (Å²) in [6.45, 7) is 0. The zero-order chi connectivity index (χ0) is 22.2. The van der Waals surface area contributed by atoms with Crippen LogP contribution in [0.4, 0.5) is 0 Å². The fourth-order valence-electron chi connectivity index (χ4n) is 4.28. The summed E-state index contributed by atoms with van der Waals surface area (Å²) in [5.41, 5.74) is 0.849. The van der Waals surface area contributed by atoms with Gasteiger partial charge in [0.1, 0.15) is 5.82 Å². The largest absolute Gasteiger partial charge is 0.309 e. The number of thioether (sulfide) groups is 1. The first-order valence-corrected chi connectivity index (χ1v) is 12.3. The van der Waals surface area contributed by atoms with Crippen LogP contribution < -0.4 is 11.1 Å². The summed E-state index contributed by atoms with van der Waals surface area (Å²) >= 11 is 13.6.